The molecule has 4 nitrogen and oxygen atoms in total. The number of nitriles is 1. The highest BCUT2D eigenvalue weighted by molar-refractivity contribution is 7.08. The van der Waals surface area contributed by atoms with Crippen molar-refractivity contribution < 1.29 is 9.59 Å². The molecule has 104 valence electrons. The molecule has 0 radical (unpaired) electrons. The van der Waals surface area contributed by atoms with Crippen molar-refractivity contribution in [3.8, 4) is 6.07 Å². The molecular weight excluding hydrogens is 284 g/mol. The van der Waals surface area contributed by atoms with Gasteiger partial charge in [0.25, 0.3) is 0 Å². The number of anilines is 1. The van der Waals surface area contributed by atoms with Crippen LogP contribution in [-0.2, 0) is 4.79 Å². The van der Waals surface area contributed by atoms with Crippen LogP contribution in [0.1, 0.15) is 22.8 Å². The molecule has 2 rings (SSSR count). The lowest BCUT2D eigenvalue weighted by molar-refractivity contribution is -0.114. The van der Waals surface area contributed by atoms with E-state index in [0.717, 1.165) is 5.56 Å². The van der Waals surface area contributed by atoms with Crippen LogP contribution in [0.5, 0.6) is 0 Å². The number of ketones is 1. The van der Waals surface area contributed by atoms with E-state index in [-0.39, 0.29) is 17.3 Å². The summed E-state index contributed by atoms with van der Waals surface area (Å²) in [6, 6.07) is 10.5. The zero-order chi connectivity index (χ0) is 15.2. The van der Waals surface area contributed by atoms with E-state index in [1.807, 2.05) is 6.07 Å². The first kappa shape index (κ1) is 14.7. The van der Waals surface area contributed by atoms with Gasteiger partial charge in [-0.2, -0.15) is 16.6 Å². The van der Waals surface area contributed by atoms with Crippen molar-refractivity contribution in [3.05, 3.63) is 57.8 Å². The molecule has 0 spiro atoms. The van der Waals surface area contributed by atoms with Gasteiger partial charge >= 0.3 is 0 Å². The van der Waals surface area contributed by atoms with Crippen LogP contribution in [0.4, 0.5) is 5.69 Å². The highest BCUT2D eigenvalue weighted by atomic mass is 32.1. The molecule has 1 amide bonds. The molecule has 1 aromatic carbocycles. The average molecular weight is 296 g/mol. The average Bonchev–Trinajstić information content (AvgIpc) is 2.99. The van der Waals surface area contributed by atoms with E-state index in [1.54, 1.807) is 41.1 Å². The van der Waals surface area contributed by atoms with Gasteiger partial charge < -0.3 is 5.32 Å². The molecule has 0 aliphatic carbocycles. The zero-order valence-corrected chi connectivity index (χ0v) is 12.1. The van der Waals surface area contributed by atoms with E-state index in [0.29, 0.717) is 11.3 Å². The van der Waals surface area contributed by atoms with Gasteiger partial charge in [0.05, 0.1) is 0 Å². The first-order valence-corrected chi connectivity index (χ1v) is 7.11. The SMILES string of the molecule is CC(=O)Nc1ccc(C=C(C#N)C(=O)c2ccsc2)cc1. The second kappa shape index (κ2) is 6.64. The number of amides is 1. The lowest BCUT2D eigenvalue weighted by Gasteiger charge is -2.02. The minimum atomic E-state index is -0.287. The number of thiophene rings is 1. The Bertz CT molecular complexity index is 723. The maximum atomic E-state index is 12.1. The zero-order valence-electron chi connectivity index (χ0n) is 11.3. The third kappa shape index (κ3) is 3.88. The predicted octanol–water partition coefficient (Wildman–Crippen LogP) is 3.50. The number of allylic oxidation sites excluding steroid dienone is 1. The Labute approximate surface area is 126 Å². The molecular formula is C16H12N2O2S. The third-order valence-corrected chi connectivity index (χ3v) is 3.37. The molecule has 0 saturated heterocycles. The minimum absolute atomic E-state index is 0.0840. The molecule has 1 heterocycles. The summed E-state index contributed by atoms with van der Waals surface area (Å²) in [7, 11) is 0. The second-order valence-electron chi connectivity index (χ2n) is 4.31. The lowest BCUT2D eigenvalue weighted by atomic mass is 10.0. The Morgan fingerprint density at radius 1 is 1.24 bits per heavy atom. The van der Waals surface area contributed by atoms with Crippen molar-refractivity contribution >= 4 is 34.8 Å². The number of hydrogen-bond acceptors (Lipinski definition) is 4. The summed E-state index contributed by atoms with van der Waals surface area (Å²) in [6.07, 6.45) is 1.54. The number of Topliss-reactive ketones (excluding diaryl/α,β-unsaturated/α-hetero) is 1. The number of nitrogens with zero attached hydrogens (tertiary/aromatic N) is 1. The predicted molar refractivity (Wildman–Crippen MR) is 83.0 cm³/mol. The fraction of sp³-hybridized carbons (Fsp3) is 0.0625. The van der Waals surface area contributed by atoms with Gasteiger partial charge in [-0.3, -0.25) is 9.59 Å². The van der Waals surface area contributed by atoms with Gasteiger partial charge in [-0.05, 0) is 35.2 Å². The Hall–Kier alpha value is -2.71. The number of carbonyl (C=O) groups excluding carboxylic acids is 2. The molecule has 21 heavy (non-hydrogen) atoms. The van der Waals surface area contributed by atoms with Crippen LogP contribution in [0.25, 0.3) is 6.08 Å². The number of rotatable bonds is 4. The van der Waals surface area contributed by atoms with E-state index in [4.69, 9.17) is 5.26 Å². The van der Waals surface area contributed by atoms with Crippen LogP contribution < -0.4 is 5.32 Å². The Morgan fingerprint density at radius 2 is 1.95 bits per heavy atom. The summed E-state index contributed by atoms with van der Waals surface area (Å²) >= 11 is 1.41. The summed E-state index contributed by atoms with van der Waals surface area (Å²) in [6.45, 7) is 1.43. The number of benzene rings is 1. The molecule has 0 bridgehead atoms. The summed E-state index contributed by atoms with van der Waals surface area (Å²) < 4.78 is 0. The summed E-state index contributed by atoms with van der Waals surface area (Å²) in [5.41, 5.74) is 2.00. The van der Waals surface area contributed by atoms with Crippen LogP contribution in [0.15, 0.2) is 46.7 Å². The van der Waals surface area contributed by atoms with Gasteiger partial charge in [0.1, 0.15) is 11.6 Å². The number of nitrogens with one attached hydrogen (secondary N) is 1. The Morgan fingerprint density at radius 3 is 2.48 bits per heavy atom. The molecule has 0 atom stereocenters. The van der Waals surface area contributed by atoms with Gasteiger partial charge in [-0.1, -0.05) is 12.1 Å². The molecule has 2 aromatic rings. The van der Waals surface area contributed by atoms with Gasteiger partial charge in [0.15, 0.2) is 0 Å². The van der Waals surface area contributed by atoms with Gasteiger partial charge in [-0.15, -0.1) is 0 Å². The van der Waals surface area contributed by atoms with Crippen LogP contribution in [-0.4, -0.2) is 11.7 Å². The van der Waals surface area contributed by atoms with E-state index >= 15 is 0 Å². The topological polar surface area (TPSA) is 70.0 Å². The Kier molecular flexibility index (Phi) is 4.64. The highest BCUT2D eigenvalue weighted by Gasteiger charge is 2.12. The van der Waals surface area contributed by atoms with Crippen LogP contribution in [0.3, 0.4) is 0 Å². The summed E-state index contributed by atoms with van der Waals surface area (Å²) in [4.78, 5) is 23.0. The molecule has 0 aliphatic heterocycles. The molecule has 0 aliphatic rings. The van der Waals surface area contributed by atoms with Crippen molar-refractivity contribution in [3.63, 3.8) is 0 Å². The summed E-state index contributed by atoms with van der Waals surface area (Å²) in [5, 5.41) is 15.3. The van der Waals surface area contributed by atoms with Crippen molar-refractivity contribution in [1.82, 2.24) is 0 Å². The fourth-order valence-electron chi connectivity index (χ4n) is 1.73. The maximum absolute atomic E-state index is 12.1. The smallest absolute Gasteiger partial charge is 0.221 e. The van der Waals surface area contributed by atoms with Crippen molar-refractivity contribution in [2.24, 2.45) is 0 Å². The molecule has 1 aromatic heterocycles. The van der Waals surface area contributed by atoms with Crippen molar-refractivity contribution in [2.45, 2.75) is 6.92 Å². The number of carbonyl (C=O) groups is 2. The standard InChI is InChI=1S/C16H12N2O2S/c1-11(19)18-15-4-2-12(3-5-15)8-14(9-17)16(20)13-6-7-21-10-13/h2-8,10H,1H3,(H,18,19). The monoisotopic (exact) mass is 296 g/mol. The van der Waals surface area contributed by atoms with E-state index < -0.39 is 0 Å². The first-order valence-electron chi connectivity index (χ1n) is 6.16. The molecule has 0 saturated carbocycles. The van der Waals surface area contributed by atoms with Gasteiger partial charge in [0, 0.05) is 23.6 Å². The van der Waals surface area contributed by atoms with E-state index in [1.165, 1.54) is 24.3 Å². The highest BCUT2D eigenvalue weighted by Crippen LogP contribution is 2.16. The maximum Gasteiger partial charge on any atom is 0.221 e. The molecule has 1 N–H and O–H groups in total. The van der Waals surface area contributed by atoms with Crippen LogP contribution in [0, 0.1) is 11.3 Å². The van der Waals surface area contributed by atoms with Gasteiger partial charge in [0.2, 0.25) is 11.7 Å². The fourth-order valence-corrected chi connectivity index (χ4v) is 2.37. The molecule has 0 unspecified atom stereocenters. The third-order valence-electron chi connectivity index (χ3n) is 2.69. The quantitative estimate of drug-likeness (QED) is 0.533. The number of hydrogen-bond donors (Lipinski definition) is 1. The van der Waals surface area contributed by atoms with Crippen LogP contribution in [0.2, 0.25) is 0 Å². The van der Waals surface area contributed by atoms with Crippen LogP contribution >= 0.6 is 11.3 Å². The Balaban J connectivity index is 2.22. The molecule has 0 fully saturated rings. The second-order valence-corrected chi connectivity index (χ2v) is 5.09. The first-order chi connectivity index (χ1) is 10.1. The normalized spacial score (nSPS) is 10.8. The largest absolute Gasteiger partial charge is 0.326 e. The van der Waals surface area contributed by atoms with E-state index in [2.05, 4.69) is 5.32 Å². The molecule has 5 heteroatoms. The van der Waals surface area contributed by atoms with Crippen molar-refractivity contribution in [1.29, 1.82) is 5.26 Å². The summed E-state index contributed by atoms with van der Waals surface area (Å²) in [5.74, 6) is -0.437. The van der Waals surface area contributed by atoms with Crippen molar-refractivity contribution in [2.75, 3.05) is 5.32 Å². The van der Waals surface area contributed by atoms with E-state index in [9.17, 15) is 9.59 Å². The minimum Gasteiger partial charge on any atom is -0.326 e. The lowest BCUT2D eigenvalue weighted by Crippen LogP contribution is -2.05. The van der Waals surface area contributed by atoms with Gasteiger partial charge in [-0.25, -0.2) is 0 Å².